The van der Waals surface area contributed by atoms with Crippen LogP contribution in [0.4, 0.5) is 0 Å². The molecule has 2 heteroatoms. The van der Waals surface area contributed by atoms with E-state index in [4.69, 9.17) is 0 Å². The van der Waals surface area contributed by atoms with E-state index in [2.05, 4.69) is 39.1 Å². The molecule has 0 saturated heterocycles. The molecule has 0 aliphatic rings. The van der Waals surface area contributed by atoms with E-state index in [-0.39, 0.29) is 0 Å². The minimum Gasteiger partial charge on any atom is -0.179 e. The smallest absolute Gasteiger partial charge is 0.00334 e. The molecule has 0 aromatic carbocycles. The fourth-order valence-corrected chi connectivity index (χ4v) is 4.08. The van der Waals surface area contributed by atoms with Gasteiger partial charge >= 0.3 is 0 Å². The average Bonchev–Trinajstić information content (AvgIpc) is 2.52. The van der Waals surface area contributed by atoms with Gasteiger partial charge in [-0.25, -0.2) is 0 Å². The van der Waals surface area contributed by atoms with Gasteiger partial charge in [0.15, 0.2) is 0 Å². The van der Waals surface area contributed by atoms with Crippen molar-refractivity contribution < 1.29 is 0 Å². The minimum atomic E-state index is 0.404. The van der Waals surface area contributed by atoms with Crippen molar-refractivity contribution in [3.05, 3.63) is 0 Å². The highest BCUT2D eigenvalue weighted by Gasteiger charge is 2.25. The van der Waals surface area contributed by atoms with Crippen LogP contribution in [0.5, 0.6) is 0 Å². The second-order valence-corrected chi connectivity index (χ2v) is 7.48. The molecule has 0 heterocycles. The van der Waals surface area contributed by atoms with Gasteiger partial charge in [0.25, 0.3) is 0 Å². The number of unbranched alkanes of at least 4 members (excludes halogenated alkanes) is 10. The SMILES string of the molecule is CCCCCCCCC(CS)(CS)CCCCCCCC. The van der Waals surface area contributed by atoms with Gasteiger partial charge in [0, 0.05) is 0 Å². The molecule has 0 aliphatic heterocycles. The van der Waals surface area contributed by atoms with Crippen LogP contribution in [-0.4, -0.2) is 11.5 Å². The van der Waals surface area contributed by atoms with Gasteiger partial charge in [-0.15, -0.1) is 0 Å². The summed E-state index contributed by atoms with van der Waals surface area (Å²) in [6, 6.07) is 0. The Balaban J connectivity index is 3.78. The molecule has 0 spiro atoms. The van der Waals surface area contributed by atoms with Crippen LogP contribution in [0.25, 0.3) is 0 Å². The van der Waals surface area contributed by atoms with Gasteiger partial charge < -0.3 is 0 Å². The summed E-state index contributed by atoms with van der Waals surface area (Å²) in [5.41, 5.74) is 0.404. The van der Waals surface area contributed by atoms with E-state index in [0.717, 1.165) is 11.5 Å². The maximum Gasteiger partial charge on any atom is -0.00334 e. The second-order valence-electron chi connectivity index (χ2n) is 6.85. The van der Waals surface area contributed by atoms with Crippen molar-refractivity contribution in [3.63, 3.8) is 0 Å². The first-order valence-electron chi connectivity index (χ1n) is 9.46. The largest absolute Gasteiger partial charge is 0.179 e. The topological polar surface area (TPSA) is 0 Å². The molecular formula is C19H40S2. The Bertz CT molecular complexity index is 182. The summed E-state index contributed by atoms with van der Waals surface area (Å²) in [6.45, 7) is 4.57. The number of thiol groups is 2. The van der Waals surface area contributed by atoms with Crippen molar-refractivity contribution in [2.45, 2.75) is 104 Å². The predicted octanol–water partition coefficient (Wildman–Crippen LogP) is 7.33. The molecule has 0 aromatic rings. The molecule has 0 amide bonds. The van der Waals surface area contributed by atoms with Crippen molar-refractivity contribution in [2.24, 2.45) is 5.41 Å². The van der Waals surface area contributed by atoms with E-state index < -0.39 is 0 Å². The highest BCUT2D eigenvalue weighted by molar-refractivity contribution is 7.81. The fourth-order valence-electron chi connectivity index (χ4n) is 3.05. The van der Waals surface area contributed by atoms with Crippen LogP contribution in [0.15, 0.2) is 0 Å². The molecule has 0 N–H and O–H groups in total. The van der Waals surface area contributed by atoms with Crippen molar-refractivity contribution >= 4 is 25.3 Å². The molecule has 0 rings (SSSR count). The Morgan fingerprint density at radius 1 is 0.524 bits per heavy atom. The minimum absolute atomic E-state index is 0.404. The Morgan fingerprint density at radius 2 is 0.857 bits per heavy atom. The van der Waals surface area contributed by atoms with E-state index in [1.54, 1.807) is 0 Å². The second kappa shape index (κ2) is 15.6. The summed E-state index contributed by atoms with van der Waals surface area (Å²) in [7, 11) is 0. The third-order valence-corrected chi connectivity index (χ3v) is 6.13. The summed E-state index contributed by atoms with van der Waals surface area (Å²) < 4.78 is 0. The first-order chi connectivity index (χ1) is 10.2. The normalized spacial score (nSPS) is 12.0. The van der Waals surface area contributed by atoms with Crippen LogP contribution in [0.3, 0.4) is 0 Å². The fraction of sp³-hybridized carbons (Fsp3) is 1.00. The number of rotatable bonds is 16. The highest BCUT2D eigenvalue weighted by atomic mass is 32.1. The van der Waals surface area contributed by atoms with Crippen molar-refractivity contribution in [2.75, 3.05) is 11.5 Å². The number of hydrogen-bond donors (Lipinski definition) is 2. The molecule has 0 saturated carbocycles. The van der Waals surface area contributed by atoms with E-state index in [9.17, 15) is 0 Å². The van der Waals surface area contributed by atoms with Gasteiger partial charge in [-0.05, 0) is 29.8 Å². The Morgan fingerprint density at radius 3 is 1.19 bits per heavy atom. The van der Waals surface area contributed by atoms with Crippen LogP contribution >= 0.6 is 25.3 Å². The third kappa shape index (κ3) is 11.9. The monoisotopic (exact) mass is 332 g/mol. The molecule has 21 heavy (non-hydrogen) atoms. The quantitative estimate of drug-likeness (QED) is 0.214. The van der Waals surface area contributed by atoms with E-state index in [0.29, 0.717) is 5.41 Å². The Hall–Kier alpha value is 0.700. The maximum absolute atomic E-state index is 4.65. The van der Waals surface area contributed by atoms with Crippen molar-refractivity contribution in [1.82, 2.24) is 0 Å². The molecule has 0 nitrogen and oxygen atoms in total. The third-order valence-electron chi connectivity index (χ3n) is 4.79. The first-order valence-corrected chi connectivity index (χ1v) is 10.7. The predicted molar refractivity (Wildman–Crippen MR) is 106 cm³/mol. The Labute approximate surface area is 146 Å². The molecular weight excluding hydrogens is 292 g/mol. The van der Waals surface area contributed by atoms with Crippen molar-refractivity contribution in [1.29, 1.82) is 0 Å². The standard InChI is InChI=1S/C19H40S2/c1-3-5-7-9-11-13-15-19(17-20,18-21)16-14-12-10-8-6-4-2/h20-21H,3-18H2,1-2H3. The Kier molecular flexibility index (Phi) is 16.1. The highest BCUT2D eigenvalue weighted by Crippen LogP contribution is 2.34. The van der Waals surface area contributed by atoms with E-state index >= 15 is 0 Å². The van der Waals surface area contributed by atoms with Gasteiger partial charge in [-0.2, -0.15) is 25.3 Å². The summed E-state index contributed by atoms with van der Waals surface area (Å²) in [5.74, 6) is 2.03. The lowest BCUT2D eigenvalue weighted by molar-refractivity contribution is 0.298. The zero-order valence-electron chi connectivity index (χ0n) is 14.7. The van der Waals surface area contributed by atoms with Gasteiger partial charge in [0.05, 0.1) is 0 Å². The average molecular weight is 333 g/mol. The van der Waals surface area contributed by atoms with Crippen LogP contribution in [-0.2, 0) is 0 Å². The first kappa shape index (κ1) is 21.7. The lowest BCUT2D eigenvalue weighted by Gasteiger charge is -2.31. The number of hydrogen-bond acceptors (Lipinski definition) is 2. The van der Waals surface area contributed by atoms with Crippen LogP contribution < -0.4 is 0 Å². The molecule has 0 bridgehead atoms. The molecule has 0 atom stereocenters. The van der Waals surface area contributed by atoms with Gasteiger partial charge in [-0.3, -0.25) is 0 Å². The summed E-state index contributed by atoms with van der Waals surface area (Å²) >= 11 is 9.30. The molecule has 0 radical (unpaired) electrons. The van der Waals surface area contributed by atoms with Crippen LogP contribution in [0.2, 0.25) is 0 Å². The van der Waals surface area contributed by atoms with Crippen molar-refractivity contribution in [3.8, 4) is 0 Å². The zero-order chi connectivity index (χ0) is 15.8. The van der Waals surface area contributed by atoms with E-state index in [1.807, 2.05) is 0 Å². The summed E-state index contributed by atoms with van der Waals surface area (Å²) in [6.07, 6.45) is 19.4. The van der Waals surface area contributed by atoms with E-state index in [1.165, 1.54) is 89.9 Å². The molecule has 0 fully saturated rings. The van der Waals surface area contributed by atoms with Crippen LogP contribution in [0, 0.1) is 5.41 Å². The lowest BCUT2D eigenvalue weighted by atomic mass is 9.81. The molecule has 0 unspecified atom stereocenters. The summed E-state index contributed by atoms with van der Waals surface area (Å²) in [4.78, 5) is 0. The van der Waals surface area contributed by atoms with Crippen LogP contribution in [0.1, 0.15) is 104 Å². The molecule has 0 aromatic heterocycles. The van der Waals surface area contributed by atoms with Gasteiger partial charge in [0.1, 0.15) is 0 Å². The maximum atomic E-state index is 4.65. The van der Waals surface area contributed by atoms with Gasteiger partial charge in [0.2, 0.25) is 0 Å². The molecule has 0 aliphatic carbocycles. The summed E-state index contributed by atoms with van der Waals surface area (Å²) in [5, 5.41) is 0. The lowest BCUT2D eigenvalue weighted by Crippen LogP contribution is -2.25. The van der Waals surface area contributed by atoms with Gasteiger partial charge in [-0.1, -0.05) is 90.9 Å². The zero-order valence-corrected chi connectivity index (χ0v) is 16.5. The molecule has 128 valence electrons.